The van der Waals surface area contributed by atoms with Gasteiger partial charge in [0.05, 0.1) is 28.9 Å². The molecule has 1 aromatic heterocycles. The predicted molar refractivity (Wildman–Crippen MR) is 147 cm³/mol. The van der Waals surface area contributed by atoms with Crippen LogP contribution in [0.4, 0.5) is 5.13 Å². The number of thiazole rings is 1. The normalized spacial score (nSPS) is 17.5. The molecule has 4 aromatic rings. The minimum Gasteiger partial charge on any atom is -0.507 e. The lowest BCUT2D eigenvalue weighted by Crippen LogP contribution is -2.29. The molecule has 0 aliphatic carbocycles. The van der Waals surface area contributed by atoms with Crippen LogP contribution in [0.15, 0.2) is 72.3 Å². The molecule has 1 aliphatic heterocycles. The van der Waals surface area contributed by atoms with Gasteiger partial charge in [0.25, 0.3) is 5.78 Å². The van der Waals surface area contributed by atoms with E-state index in [2.05, 4.69) is 20.8 Å². The minimum atomic E-state index is -0.822. The number of fused-ring (bicyclic) bond motifs is 1. The van der Waals surface area contributed by atoms with Crippen molar-refractivity contribution >= 4 is 44.1 Å². The minimum absolute atomic E-state index is 0.0362. The fourth-order valence-electron chi connectivity index (χ4n) is 4.54. The lowest BCUT2D eigenvalue weighted by molar-refractivity contribution is -0.132. The fraction of sp³-hybridized carbons (Fsp3) is 0.233. The number of carbonyl (C=O) groups is 2. The molecule has 1 saturated heterocycles. The van der Waals surface area contributed by atoms with Crippen molar-refractivity contribution in [3.05, 3.63) is 94.6 Å². The molecule has 188 valence electrons. The molecule has 0 spiro atoms. The van der Waals surface area contributed by atoms with E-state index in [1.165, 1.54) is 16.2 Å². The molecule has 1 atom stereocenters. The third-order valence-electron chi connectivity index (χ3n) is 6.64. The quantitative estimate of drug-likeness (QED) is 0.191. The van der Waals surface area contributed by atoms with Crippen LogP contribution in [0.2, 0.25) is 0 Å². The molecule has 0 unspecified atom stereocenters. The first kappa shape index (κ1) is 24.7. The Morgan fingerprint density at radius 2 is 1.68 bits per heavy atom. The molecular formula is C30H28N2O4S. The van der Waals surface area contributed by atoms with Gasteiger partial charge in [0.15, 0.2) is 5.13 Å². The van der Waals surface area contributed by atoms with Gasteiger partial charge in [0.1, 0.15) is 11.5 Å². The number of aliphatic hydroxyl groups is 1. The van der Waals surface area contributed by atoms with Gasteiger partial charge in [-0.15, -0.1) is 0 Å². The van der Waals surface area contributed by atoms with Crippen molar-refractivity contribution in [2.45, 2.75) is 39.2 Å². The zero-order chi connectivity index (χ0) is 26.5. The molecule has 7 heteroatoms. The average molecular weight is 513 g/mol. The smallest absolute Gasteiger partial charge is 0.301 e. The number of nitrogens with zero attached hydrogens (tertiary/aromatic N) is 2. The molecule has 3 aromatic carbocycles. The first-order chi connectivity index (χ1) is 17.6. The lowest BCUT2D eigenvalue weighted by atomic mass is 9.85. The standard InChI is InChI=1S/C30H28N2O4S/c1-17-6-15-22-23(16-17)37-29(31-22)32-25(18-7-11-20(12-8-18)30(2,3)4)24(27(34)28(32)35)26(33)19-9-13-21(36-5)14-10-19/h6-16,25,33H,1-5H3/b26-24+/t25-/m0/s1. The van der Waals surface area contributed by atoms with Crippen LogP contribution in [-0.2, 0) is 15.0 Å². The number of ketones is 1. The van der Waals surface area contributed by atoms with Crippen LogP contribution < -0.4 is 9.64 Å². The Bertz CT molecular complexity index is 1540. The van der Waals surface area contributed by atoms with Crippen LogP contribution >= 0.6 is 11.3 Å². The number of aliphatic hydroxyl groups excluding tert-OH is 1. The summed E-state index contributed by atoms with van der Waals surface area (Å²) in [4.78, 5) is 33.0. The zero-order valence-corrected chi connectivity index (χ0v) is 22.2. The molecule has 6 nitrogen and oxygen atoms in total. The highest BCUT2D eigenvalue weighted by Crippen LogP contribution is 2.44. The van der Waals surface area contributed by atoms with E-state index in [0.29, 0.717) is 16.4 Å². The van der Waals surface area contributed by atoms with Gasteiger partial charge in [-0.1, -0.05) is 62.4 Å². The molecule has 0 bridgehead atoms. The van der Waals surface area contributed by atoms with E-state index in [-0.39, 0.29) is 16.7 Å². The summed E-state index contributed by atoms with van der Waals surface area (Å²) < 4.78 is 6.14. The van der Waals surface area contributed by atoms with Gasteiger partial charge in [-0.3, -0.25) is 14.5 Å². The van der Waals surface area contributed by atoms with E-state index in [0.717, 1.165) is 26.9 Å². The monoisotopic (exact) mass is 512 g/mol. The average Bonchev–Trinajstić information content (AvgIpc) is 3.40. The van der Waals surface area contributed by atoms with E-state index >= 15 is 0 Å². The summed E-state index contributed by atoms with van der Waals surface area (Å²) >= 11 is 1.36. The number of hydrogen-bond donors (Lipinski definition) is 1. The maximum atomic E-state index is 13.5. The first-order valence-electron chi connectivity index (χ1n) is 12.0. The molecular weight excluding hydrogens is 484 g/mol. The van der Waals surface area contributed by atoms with Crippen LogP contribution in [-0.4, -0.2) is 28.9 Å². The number of Topliss-reactive ketones (excluding diaryl/α,β-unsaturated/α-hetero) is 1. The number of carbonyl (C=O) groups excluding carboxylic acids is 2. The SMILES string of the molecule is COc1ccc(/C(O)=C2\C(=O)C(=O)N(c3nc4ccc(C)cc4s3)[C@H]2c2ccc(C(C)(C)C)cc2)cc1. The summed E-state index contributed by atoms with van der Waals surface area (Å²) in [6, 6.07) is 19.7. The predicted octanol–water partition coefficient (Wildman–Crippen LogP) is 6.54. The highest BCUT2D eigenvalue weighted by atomic mass is 32.1. The largest absolute Gasteiger partial charge is 0.507 e. The van der Waals surface area contributed by atoms with Crippen LogP contribution in [0, 0.1) is 6.92 Å². The third kappa shape index (κ3) is 4.40. The summed E-state index contributed by atoms with van der Waals surface area (Å²) in [6.45, 7) is 8.37. The molecule has 1 aliphatic rings. The van der Waals surface area contributed by atoms with Crippen LogP contribution in [0.25, 0.3) is 16.0 Å². The second kappa shape index (κ2) is 9.16. The highest BCUT2D eigenvalue weighted by molar-refractivity contribution is 7.22. The van der Waals surface area contributed by atoms with Crippen molar-refractivity contribution < 1.29 is 19.4 Å². The Morgan fingerprint density at radius 1 is 1.00 bits per heavy atom. The summed E-state index contributed by atoms with van der Waals surface area (Å²) in [5, 5.41) is 11.8. The molecule has 0 saturated carbocycles. The van der Waals surface area contributed by atoms with E-state index < -0.39 is 17.7 Å². The van der Waals surface area contributed by atoms with Gasteiger partial charge in [0.2, 0.25) is 0 Å². The number of hydrogen-bond acceptors (Lipinski definition) is 6. The Hall–Kier alpha value is -3.97. The summed E-state index contributed by atoms with van der Waals surface area (Å²) in [6.07, 6.45) is 0. The highest BCUT2D eigenvalue weighted by Gasteiger charge is 2.48. The summed E-state index contributed by atoms with van der Waals surface area (Å²) in [5.74, 6) is -1.06. The molecule has 1 fully saturated rings. The van der Waals surface area contributed by atoms with E-state index in [1.807, 2.05) is 49.4 Å². The van der Waals surface area contributed by atoms with Crippen molar-refractivity contribution in [2.24, 2.45) is 0 Å². The number of rotatable bonds is 4. The topological polar surface area (TPSA) is 79.7 Å². The fourth-order valence-corrected chi connectivity index (χ4v) is 5.63. The second-order valence-electron chi connectivity index (χ2n) is 10.2. The Morgan fingerprint density at radius 3 is 2.30 bits per heavy atom. The second-order valence-corrected chi connectivity index (χ2v) is 11.2. The summed E-state index contributed by atoms with van der Waals surface area (Å²) in [7, 11) is 1.56. The number of anilines is 1. The maximum absolute atomic E-state index is 13.5. The molecule has 0 radical (unpaired) electrons. The number of amides is 1. The first-order valence-corrected chi connectivity index (χ1v) is 12.8. The lowest BCUT2D eigenvalue weighted by Gasteiger charge is -2.24. The van der Waals surface area contributed by atoms with E-state index in [1.54, 1.807) is 31.4 Å². The van der Waals surface area contributed by atoms with Gasteiger partial charge in [-0.2, -0.15) is 0 Å². The van der Waals surface area contributed by atoms with Crippen molar-refractivity contribution in [1.82, 2.24) is 4.98 Å². The number of aryl methyl sites for hydroxylation is 1. The number of methoxy groups -OCH3 is 1. The number of ether oxygens (including phenoxy) is 1. The molecule has 1 amide bonds. The third-order valence-corrected chi connectivity index (χ3v) is 7.66. The Balaban J connectivity index is 1.70. The zero-order valence-electron chi connectivity index (χ0n) is 21.4. The number of aromatic nitrogens is 1. The van der Waals surface area contributed by atoms with Crippen LogP contribution in [0.3, 0.4) is 0 Å². The van der Waals surface area contributed by atoms with Crippen LogP contribution in [0.5, 0.6) is 5.75 Å². The van der Waals surface area contributed by atoms with Gasteiger partial charge in [-0.25, -0.2) is 4.98 Å². The molecule has 5 rings (SSSR count). The van der Waals surface area contributed by atoms with E-state index in [4.69, 9.17) is 9.72 Å². The van der Waals surface area contributed by atoms with E-state index in [9.17, 15) is 14.7 Å². The molecule has 2 heterocycles. The molecule has 37 heavy (non-hydrogen) atoms. The number of benzene rings is 3. The van der Waals surface area contributed by atoms with Crippen molar-refractivity contribution in [3.8, 4) is 5.75 Å². The van der Waals surface area contributed by atoms with Gasteiger partial charge in [-0.05, 0) is 65.4 Å². The van der Waals surface area contributed by atoms with Gasteiger partial charge < -0.3 is 9.84 Å². The van der Waals surface area contributed by atoms with Gasteiger partial charge >= 0.3 is 5.91 Å². The van der Waals surface area contributed by atoms with Crippen molar-refractivity contribution in [1.29, 1.82) is 0 Å². The molecule has 1 N–H and O–H groups in total. The van der Waals surface area contributed by atoms with Crippen molar-refractivity contribution in [2.75, 3.05) is 12.0 Å². The van der Waals surface area contributed by atoms with Crippen molar-refractivity contribution in [3.63, 3.8) is 0 Å². The Kier molecular flexibility index (Phi) is 6.12. The maximum Gasteiger partial charge on any atom is 0.301 e. The van der Waals surface area contributed by atoms with Gasteiger partial charge in [0, 0.05) is 5.56 Å². The summed E-state index contributed by atoms with van der Waals surface area (Å²) in [5.41, 5.74) is 4.08. The Labute approximate surface area is 219 Å². The van der Waals surface area contributed by atoms with Crippen LogP contribution in [0.1, 0.15) is 49.1 Å².